The number of nitrogens with two attached hydrogens (primary N) is 1. The monoisotopic (exact) mass is 209 g/mol. The van der Waals surface area contributed by atoms with Crippen molar-refractivity contribution in [3.8, 4) is 11.5 Å². The van der Waals surface area contributed by atoms with Gasteiger partial charge in [0.25, 0.3) is 0 Å². The predicted molar refractivity (Wildman–Crippen MR) is 61.7 cm³/mol. The number of benzene rings is 1. The van der Waals surface area contributed by atoms with Crippen LogP contribution in [0.25, 0.3) is 0 Å². The molecule has 1 aromatic rings. The summed E-state index contributed by atoms with van der Waals surface area (Å²) >= 11 is 0. The SMILES string of the molecule is CCc1c(CCN)ccc(OC)c1OC. The second-order valence-corrected chi connectivity index (χ2v) is 3.33. The van der Waals surface area contributed by atoms with E-state index in [9.17, 15) is 0 Å². The molecule has 0 saturated carbocycles. The van der Waals surface area contributed by atoms with E-state index in [1.807, 2.05) is 6.07 Å². The first-order chi connectivity index (χ1) is 7.28. The van der Waals surface area contributed by atoms with Crippen LogP contribution in [0.2, 0.25) is 0 Å². The Kier molecular flexibility index (Phi) is 4.43. The van der Waals surface area contributed by atoms with Gasteiger partial charge in [-0.05, 0) is 31.0 Å². The molecule has 0 aliphatic carbocycles. The van der Waals surface area contributed by atoms with Crippen molar-refractivity contribution in [3.05, 3.63) is 23.3 Å². The van der Waals surface area contributed by atoms with Gasteiger partial charge in [0.2, 0.25) is 0 Å². The minimum absolute atomic E-state index is 0.655. The first-order valence-electron chi connectivity index (χ1n) is 5.21. The van der Waals surface area contributed by atoms with Crippen LogP contribution in [0.1, 0.15) is 18.1 Å². The van der Waals surface area contributed by atoms with E-state index in [1.54, 1.807) is 14.2 Å². The molecule has 0 spiro atoms. The molecule has 0 unspecified atom stereocenters. The van der Waals surface area contributed by atoms with Crippen LogP contribution >= 0.6 is 0 Å². The lowest BCUT2D eigenvalue weighted by Gasteiger charge is -2.15. The van der Waals surface area contributed by atoms with Crippen molar-refractivity contribution >= 4 is 0 Å². The first-order valence-corrected chi connectivity index (χ1v) is 5.21. The molecule has 0 aliphatic heterocycles. The molecule has 2 N–H and O–H groups in total. The minimum atomic E-state index is 0.655. The van der Waals surface area contributed by atoms with Gasteiger partial charge in [-0.2, -0.15) is 0 Å². The molecule has 15 heavy (non-hydrogen) atoms. The maximum absolute atomic E-state index is 5.57. The molecule has 0 saturated heterocycles. The maximum Gasteiger partial charge on any atom is 0.164 e. The topological polar surface area (TPSA) is 44.5 Å². The Labute approximate surface area is 91.2 Å². The van der Waals surface area contributed by atoms with Crippen LogP contribution < -0.4 is 15.2 Å². The van der Waals surface area contributed by atoms with Crippen LogP contribution in [0.4, 0.5) is 0 Å². The van der Waals surface area contributed by atoms with E-state index in [0.717, 1.165) is 24.3 Å². The summed E-state index contributed by atoms with van der Waals surface area (Å²) in [5, 5.41) is 0. The second kappa shape index (κ2) is 5.61. The van der Waals surface area contributed by atoms with Crippen LogP contribution in [0, 0.1) is 0 Å². The summed E-state index contributed by atoms with van der Waals surface area (Å²) in [6.45, 7) is 2.76. The second-order valence-electron chi connectivity index (χ2n) is 3.33. The predicted octanol–water partition coefficient (Wildman–Crippen LogP) is 1.77. The summed E-state index contributed by atoms with van der Waals surface area (Å²) < 4.78 is 10.6. The van der Waals surface area contributed by atoms with E-state index in [2.05, 4.69) is 13.0 Å². The Balaban J connectivity index is 3.21. The number of rotatable bonds is 5. The van der Waals surface area contributed by atoms with E-state index in [0.29, 0.717) is 6.54 Å². The third-order valence-electron chi connectivity index (χ3n) is 2.51. The van der Waals surface area contributed by atoms with Gasteiger partial charge < -0.3 is 15.2 Å². The number of hydrogen-bond donors (Lipinski definition) is 1. The van der Waals surface area contributed by atoms with Crippen molar-refractivity contribution < 1.29 is 9.47 Å². The molecule has 0 amide bonds. The lowest BCUT2D eigenvalue weighted by atomic mass is 10.0. The molecular formula is C12H19NO2. The van der Waals surface area contributed by atoms with Crippen LogP contribution in [0.15, 0.2) is 12.1 Å². The van der Waals surface area contributed by atoms with Gasteiger partial charge in [-0.1, -0.05) is 13.0 Å². The lowest BCUT2D eigenvalue weighted by Crippen LogP contribution is -2.06. The third kappa shape index (κ3) is 2.42. The fourth-order valence-corrected chi connectivity index (χ4v) is 1.81. The maximum atomic E-state index is 5.57. The normalized spacial score (nSPS) is 10.1. The van der Waals surface area contributed by atoms with E-state index >= 15 is 0 Å². The zero-order chi connectivity index (χ0) is 11.3. The zero-order valence-corrected chi connectivity index (χ0v) is 9.67. The molecule has 0 aliphatic rings. The van der Waals surface area contributed by atoms with Gasteiger partial charge >= 0.3 is 0 Å². The van der Waals surface area contributed by atoms with Gasteiger partial charge in [0, 0.05) is 5.56 Å². The van der Waals surface area contributed by atoms with Crippen molar-refractivity contribution in [2.75, 3.05) is 20.8 Å². The smallest absolute Gasteiger partial charge is 0.164 e. The van der Waals surface area contributed by atoms with Gasteiger partial charge in [0.15, 0.2) is 11.5 Å². The third-order valence-corrected chi connectivity index (χ3v) is 2.51. The highest BCUT2D eigenvalue weighted by Gasteiger charge is 2.12. The summed E-state index contributed by atoms with van der Waals surface area (Å²) in [5.74, 6) is 1.63. The minimum Gasteiger partial charge on any atom is -0.493 e. The van der Waals surface area contributed by atoms with Gasteiger partial charge in [-0.15, -0.1) is 0 Å². The van der Waals surface area contributed by atoms with Gasteiger partial charge in [0.1, 0.15) is 0 Å². The van der Waals surface area contributed by atoms with Crippen molar-refractivity contribution in [1.82, 2.24) is 0 Å². The highest BCUT2D eigenvalue weighted by molar-refractivity contribution is 5.51. The first kappa shape index (κ1) is 11.9. The Morgan fingerprint density at radius 1 is 1.20 bits per heavy atom. The van der Waals surface area contributed by atoms with Crippen LogP contribution in [0.5, 0.6) is 11.5 Å². The van der Waals surface area contributed by atoms with E-state index < -0.39 is 0 Å². The average molecular weight is 209 g/mol. The summed E-state index contributed by atoms with van der Waals surface area (Å²) in [6, 6.07) is 4.00. The van der Waals surface area contributed by atoms with Gasteiger partial charge in [-0.25, -0.2) is 0 Å². The van der Waals surface area contributed by atoms with Crippen molar-refractivity contribution in [2.24, 2.45) is 5.73 Å². The number of hydrogen-bond acceptors (Lipinski definition) is 3. The molecule has 1 rings (SSSR count). The fraction of sp³-hybridized carbons (Fsp3) is 0.500. The molecule has 84 valence electrons. The Hall–Kier alpha value is -1.22. The van der Waals surface area contributed by atoms with Crippen LogP contribution in [-0.4, -0.2) is 20.8 Å². The van der Waals surface area contributed by atoms with E-state index in [4.69, 9.17) is 15.2 Å². The van der Waals surface area contributed by atoms with Crippen molar-refractivity contribution in [1.29, 1.82) is 0 Å². The quantitative estimate of drug-likeness (QED) is 0.803. The summed E-state index contributed by atoms with van der Waals surface area (Å²) in [7, 11) is 3.32. The Morgan fingerprint density at radius 3 is 2.40 bits per heavy atom. The average Bonchev–Trinajstić information content (AvgIpc) is 2.28. The summed E-state index contributed by atoms with van der Waals surface area (Å²) in [6.07, 6.45) is 1.80. The molecule has 0 atom stereocenters. The molecular weight excluding hydrogens is 190 g/mol. The standard InChI is InChI=1S/C12H19NO2/c1-4-10-9(7-8-13)5-6-11(14-2)12(10)15-3/h5-6H,4,7-8,13H2,1-3H3. The summed E-state index contributed by atoms with van der Waals surface area (Å²) in [4.78, 5) is 0. The lowest BCUT2D eigenvalue weighted by molar-refractivity contribution is 0.351. The van der Waals surface area contributed by atoms with E-state index in [-0.39, 0.29) is 0 Å². The van der Waals surface area contributed by atoms with Crippen LogP contribution in [-0.2, 0) is 12.8 Å². The van der Waals surface area contributed by atoms with E-state index in [1.165, 1.54) is 11.1 Å². The van der Waals surface area contributed by atoms with Crippen molar-refractivity contribution in [3.63, 3.8) is 0 Å². The molecule has 0 radical (unpaired) electrons. The highest BCUT2D eigenvalue weighted by atomic mass is 16.5. The van der Waals surface area contributed by atoms with Crippen LogP contribution in [0.3, 0.4) is 0 Å². The Bertz CT molecular complexity index is 324. The number of ether oxygens (including phenoxy) is 2. The molecule has 0 bridgehead atoms. The summed E-state index contributed by atoms with van der Waals surface area (Å²) in [5.41, 5.74) is 8.02. The van der Waals surface area contributed by atoms with Gasteiger partial charge in [0.05, 0.1) is 14.2 Å². The van der Waals surface area contributed by atoms with Gasteiger partial charge in [-0.3, -0.25) is 0 Å². The molecule has 0 heterocycles. The largest absolute Gasteiger partial charge is 0.493 e. The number of methoxy groups -OCH3 is 2. The fourth-order valence-electron chi connectivity index (χ4n) is 1.81. The molecule has 3 nitrogen and oxygen atoms in total. The molecule has 0 fully saturated rings. The molecule has 1 aromatic carbocycles. The zero-order valence-electron chi connectivity index (χ0n) is 9.67. The molecule has 3 heteroatoms. The Morgan fingerprint density at radius 2 is 1.93 bits per heavy atom. The highest BCUT2D eigenvalue weighted by Crippen LogP contribution is 2.33. The van der Waals surface area contributed by atoms with Crippen molar-refractivity contribution in [2.45, 2.75) is 19.8 Å². The molecule has 0 aromatic heterocycles.